The molecular formula is C19H22ClNO3. The summed E-state index contributed by atoms with van der Waals surface area (Å²) in [5.41, 5.74) is 0. The third kappa shape index (κ3) is 5.13. The molecule has 0 aromatic heterocycles. The maximum absolute atomic E-state index is 10.2. The number of aliphatic hydroxyl groups excluding tert-OH is 1. The van der Waals surface area contributed by atoms with Gasteiger partial charge in [-0.2, -0.15) is 0 Å². The van der Waals surface area contributed by atoms with Crippen molar-refractivity contribution in [3.63, 3.8) is 0 Å². The molecule has 1 aliphatic rings. The molecule has 128 valence electrons. The molecule has 0 aliphatic carbocycles. The lowest BCUT2D eigenvalue weighted by molar-refractivity contribution is 0.0720. The molecule has 3 rings (SSSR count). The quantitative estimate of drug-likeness (QED) is 0.835. The SMILES string of the molecule is OC(COc1ccccc1)CN1CCC(Oc2ccc(Cl)cc2)C1. The van der Waals surface area contributed by atoms with Crippen molar-refractivity contribution < 1.29 is 14.6 Å². The van der Waals surface area contributed by atoms with Gasteiger partial charge in [0, 0.05) is 24.7 Å². The number of rotatable bonds is 7. The standard InChI is InChI=1S/C19H22ClNO3/c20-15-6-8-18(9-7-15)24-19-10-11-21(13-19)12-16(22)14-23-17-4-2-1-3-5-17/h1-9,16,19,22H,10-14H2. The van der Waals surface area contributed by atoms with E-state index in [9.17, 15) is 5.11 Å². The van der Waals surface area contributed by atoms with E-state index in [4.69, 9.17) is 21.1 Å². The van der Waals surface area contributed by atoms with E-state index >= 15 is 0 Å². The number of hydrogen-bond acceptors (Lipinski definition) is 4. The minimum absolute atomic E-state index is 0.147. The molecule has 0 radical (unpaired) electrons. The zero-order valence-corrected chi connectivity index (χ0v) is 14.2. The van der Waals surface area contributed by atoms with Gasteiger partial charge in [-0.15, -0.1) is 0 Å². The van der Waals surface area contributed by atoms with Crippen LogP contribution in [0, 0.1) is 0 Å². The minimum atomic E-state index is -0.514. The largest absolute Gasteiger partial charge is 0.491 e. The average Bonchev–Trinajstić information content (AvgIpc) is 3.03. The van der Waals surface area contributed by atoms with Crippen LogP contribution in [0.3, 0.4) is 0 Å². The number of hydrogen-bond donors (Lipinski definition) is 1. The van der Waals surface area contributed by atoms with Gasteiger partial charge in [0.15, 0.2) is 0 Å². The molecule has 5 heteroatoms. The normalized spacial score (nSPS) is 19.2. The molecule has 2 unspecified atom stereocenters. The van der Waals surface area contributed by atoms with Crippen molar-refractivity contribution in [2.45, 2.75) is 18.6 Å². The van der Waals surface area contributed by atoms with Gasteiger partial charge in [-0.05, 0) is 42.8 Å². The zero-order chi connectivity index (χ0) is 16.8. The molecule has 2 aromatic carbocycles. The Balaban J connectivity index is 1.40. The number of halogens is 1. The summed E-state index contributed by atoms with van der Waals surface area (Å²) >= 11 is 5.88. The molecule has 1 aliphatic heterocycles. The molecule has 24 heavy (non-hydrogen) atoms. The minimum Gasteiger partial charge on any atom is -0.491 e. The number of para-hydroxylation sites is 1. The summed E-state index contributed by atoms with van der Waals surface area (Å²) in [6.45, 7) is 2.61. The zero-order valence-electron chi connectivity index (χ0n) is 13.5. The molecule has 0 amide bonds. The summed E-state index contributed by atoms with van der Waals surface area (Å²) in [5.74, 6) is 1.61. The first-order valence-electron chi connectivity index (χ1n) is 8.19. The molecule has 1 N–H and O–H groups in total. The second-order valence-electron chi connectivity index (χ2n) is 6.02. The van der Waals surface area contributed by atoms with E-state index < -0.39 is 6.10 Å². The Morgan fingerprint density at radius 1 is 1.08 bits per heavy atom. The van der Waals surface area contributed by atoms with Crippen LogP contribution in [0.15, 0.2) is 54.6 Å². The monoisotopic (exact) mass is 347 g/mol. The highest BCUT2D eigenvalue weighted by Crippen LogP contribution is 2.20. The molecular weight excluding hydrogens is 326 g/mol. The molecule has 2 atom stereocenters. The maximum Gasteiger partial charge on any atom is 0.119 e. The van der Waals surface area contributed by atoms with Gasteiger partial charge in [0.2, 0.25) is 0 Å². The van der Waals surface area contributed by atoms with Crippen LogP contribution in [0.2, 0.25) is 5.02 Å². The molecule has 1 fully saturated rings. The number of benzene rings is 2. The van der Waals surface area contributed by atoms with E-state index in [0.29, 0.717) is 18.2 Å². The number of aliphatic hydroxyl groups is 1. The number of likely N-dealkylation sites (tertiary alicyclic amines) is 1. The van der Waals surface area contributed by atoms with Crippen molar-refractivity contribution in [2.24, 2.45) is 0 Å². The fraction of sp³-hybridized carbons (Fsp3) is 0.368. The van der Waals surface area contributed by atoms with Gasteiger partial charge < -0.3 is 14.6 Å². The number of nitrogens with zero attached hydrogens (tertiary/aromatic N) is 1. The fourth-order valence-corrected chi connectivity index (χ4v) is 2.95. The van der Waals surface area contributed by atoms with E-state index in [1.807, 2.05) is 54.6 Å². The van der Waals surface area contributed by atoms with Gasteiger partial charge in [0.05, 0.1) is 0 Å². The highest BCUT2D eigenvalue weighted by Gasteiger charge is 2.25. The predicted octanol–water partition coefficient (Wildman–Crippen LogP) is 3.23. The molecule has 0 saturated carbocycles. The van der Waals surface area contributed by atoms with Crippen LogP contribution in [0.25, 0.3) is 0 Å². The highest BCUT2D eigenvalue weighted by molar-refractivity contribution is 6.30. The molecule has 1 heterocycles. The fourth-order valence-electron chi connectivity index (χ4n) is 2.82. The topological polar surface area (TPSA) is 41.9 Å². The number of ether oxygens (including phenoxy) is 2. The van der Waals surface area contributed by atoms with Crippen LogP contribution in [0.5, 0.6) is 11.5 Å². The smallest absolute Gasteiger partial charge is 0.119 e. The van der Waals surface area contributed by atoms with Gasteiger partial charge >= 0.3 is 0 Å². The van der Waals surface area contributed by atoms with Gasteiger partial charge in [0.1, 0.15) is 30.3 Å². The summed E-state index contributed by atoms with van der Waals surface area (Å²) in [5, 5.41) is 10.9. The second kappa shape index (κ2) is 8.38. The Morgan fingerprint density at radius 2 is 1.83 bits per heavy atom. The van der Waals surface area contributed by atoms with Gasteiger partial charge in [0.25, 0.3) is 0 Å². The average molecular weight is 348 g/mol. The van der Waals surface area contributed by atoms with Crippen molar-refractivity contribution in [3.05, 3.63) is 59.6 Å². The van der Waals surface area contributed by atoms with Gasteiger partial charge in [-0.3, -0.25) is 4.90 Å². The third-order valence-electron chi connectivity index (χ3n) is 4.00. The molecule has 2 aromatic rings. The Morgan fingerprint density at radius 3 is 2.58 bits per heavy atom. The first kappa shape index (κ1) is 17.1. The Bertz CT molecular complexity index is 620. The van der Waals surface area contributed by atoms with Crippen LogP contribution in [-0.4, -0.2) is 48.5 Å². The first-order chi connectivity index (χ1) is 11.7. The van der Waals surface area contributed by atoms with Crippen molar-refractivity contribution in [1.82, 2.24) is 4.90 Å². The second-order valence-corrected chi connectivity index (χ2v) is 6.46. The van der Waals surface area contributed by atoms with E-state index in [0.717, 1.165) is 31.0 Å². The van der Waals surface area contributed by atoms with Crippen molar-refractivity contribution in [1.29, 1.82) is 0 Å². The van der Waals surface area contributed by atoms with Gasteiger partial charge in [-0.25, -0.2) is 0 Å². The lowest BCUT2D eigenvalue weighted by Gasteiger charge is -2.20. The first-order valence-corrected chi connectivity index (χ1v) is 8.57. The van der Waals surface area contributed by atoms with E-state index in [2.05, 4.69) is 4.90 Å². The third-order valence-corrected chi connectivity index (χ3v) is 4.25. The lowest BCUT2D eigenvalue weighted by atomic mass is 10.3. The molecule has 0 bridgehead atoms. The van der Waals surface area contributed by atoms with Crippen LogP contribution in [0.1, 0.15) is 6.42 Å². The highest BCUT2D eigenvalue weighted by atomic mass is 35.5. The Labute approximate surface area is 147 Å². The maximum atomic E-state index is 10.2. The molecule has 4 nitrogen and oxygen atoms in total. The predicted molar refractivity (Wildman–Crippen MR) is 94.9 cm³/mol. The van der Waals surface area contributed by atoms with Gasteiger partial charge in [-0.1, -0.05) is 29.8 Å². The van der Waals surface area contributed by atoms with Crippen LogP contribution in [0.4, 0.5) is 0 Å². The van der Waals surface area contributed by atoms with Crippen LogP contribution < -0.4 is 9.47 Å². The molecule has 1 saturated heterocycles. The van der Waals surface area contributed by atoms with E-state index in [1.165, 1.54) is 0 Å². The summed E-state index contributed by atoms with van der Waals surface area (Å²) in [7, 11) is 0. The summed E-state index contributed by atoms with van der Waals surface area (Å²) in [6.07, 6.45) is 0.586. The Hall–Kier alpha value is -1.75. The molecule has 0 spiro atoms. The van der Waals surface area contributed by atoms with Crippen LogP contribution >= 0.6 is 11.6 Å². The lowest BCUT2D eigenvalue weighted by Crippen LogP contribution is -2.35. The summed E-state index contributed by atoms with van der Waals surface area (Å²) < 4.78 is 11.5. The van der Waals surface area contributed by atoms with E-state index in [1.54, 1.807) is 0 Å². The van der Waals surface area contributed by atoms with Crippen LogP contribution in [-0.2, 0) is 0 Å². The number of β-amino-alcohol motifs (C(OH)–C–C–N with tert-alkyl or cyclic N) is 1. The van der Waals surface area contributed by atoms with Crippen molar-refractivity contribution >= 4 is 11.6 Å². The summed E-state index contributed by atoms with van der Waals surface area (Å²) in [4.78, 5) is 2.21. The van der Waals surface area contributed by atoms with Crippen molar-refractivity contribution in [2.75, 3.05) is 26.2 Å². The van der Waals surface area contributed by atoms with E-state index in [-0.39, 0.29) is 6.10 Å². The Kier molecular flexibility index (Phi) is 5.96. The summed E-state index contributed by atoms with van der Waals surface area (Å²) in [6, 6.07) is 17.0. The van der Waals surface area contributed by atoms with Crippen molar-refractivity contribution in [3.8, 4) is 11.5 Å².